The molecule has 1 N–H and O–H groups in total. The van der Waals surface area contributed by atoms with Crippen LogP contribution >= 0.6 is 23.2 Å². The molecular formula is C22H20Cl2N3O+. The van der Waals surface area contributed by atoms with Crippen molar-refractivity contribution in [2.24, 2.45) is 4.99 Å². The summed E-state index contributed by atoms with van der Waals surface area (Å²) in [5.41, 5.74) is 0.561. The van der Waals surface area contributed by atoms with E-state index in [1.807, 2.05) is 48.5 Å². The minimum Gasteiger partial charge on any atom is -0.375 e. The third-order valence-electron chi connectivity index (χ3n) is 6.27. The van der Waals surface area contributed by atoms with Gasteiger partial charge in [-0.1, -0.05) is 59.6 Å². The first kappa shape index (κ1) is 18.1. The summed E-state index contributed by atoms with van der Waals surface area (Å²) in [4.78, 5) is 6.67. The van der Waals surface area contributed by atoms with Crippen LogP contribution in [0.2, 0.25) is 10.0 Å². The molecule has 0 amide bonds. The van der Waals surface area contributed by atoms with Crippen molar-refractivity contribution in [1.82, 2.24) is 9.57 Å². The van der Waals surface area contributed by atoms with Gasteiger partial charge in [0.1, 0.15) is 0 Å². The molecule has 0 radical (unpaired) electrons. The first-order chi connectivity index (χ1) is 13.6. The summed E-state index contributed by atoms with van der Waals surface area (Å²) < 4.78 is 4.30. The van der Waals surface area contributed by atoms with Crippen molar-refractivity contribution in [2.75, 3.05) is 6.54 Å². The van der Waals surface area contributed by atoms with Crippen molar-refractivity contribution < 1.29 is 5.11 Å². The topological polar surface area (TPSA) is 49.9 Å². The van der Waals surface area contributed by atoms with E-state index in [1.54, 1.807) is 12.4 Å². The Balaban J connectivity index is 1.64. The predicted octanol–water partition coefficient (Wildman–Crippen LogP) is 3.67. The number of aliphatic imine (C=N–C) groups is 1. The lowest BCUT2D eigenvalue weighted by Crippen LogP contribution is -2.45. The lowest BCUT2D eigenvalue weighted by Gasteiger charge is -2.36. The standard InChI is InChI=1S/C22H20Cl2N3O/c23-17-8-3-1-6-15(17)19(16-7-2-4-9-18(16)24)27-13-5-10-21(27)14-22(21,28)20-25-11-12-26-20/h1-4,6-9,11-12,19,28H,5,10,13-14H2/q+1. The third kappa shape index (κ3) is 2.53. The fourth-order valence-corrected chi connectivity index (χ4v) is 5.41. The zero-order chi connectivity index (χ0) is 19.4. The number of amidine groups is 1. The van der Waals surface area contributed by atoms with Crippen LogP contribution < -0.4 is 4.67 Å². The lowest BCUT2D eigenvalue weighted by atomic mass is 9.94. The quantitative estimate of drug-likeness (QED) is 0.778. The summed E-state index contributed by atoms with van der Waals surface area (Å²) in [5, 5.41) is 12.9. The number of rotatable bonds is 4. The van der Waals surface area contributed by atoms with Crippen LogP contribution in [0.15, 0.2) is 53.5 Å². The van der Waals surface area contributed by atoms with Crippen molar-refractivity contribution >= 4 is 41.5 Å². The number of hydrogen-bond donors (Lipinski definition) is 1. The van der Waals surface area contributed by atoms with Crippen LogP contribution in [0.1, 0.15) is 36.4 Å². The Morgan fingerprint density at radius 1 is 1.04 bits per heavy atom. The van der Waals surface area contributed by atoms with Crippen molar-refractivity contribution in [1.29, 1.82) is 0 Å². The molecule has 2 aliphatic heterocycles. The molecule has 1 spiro atoms. The molecule has 0 aromatic heterocycles. The van der Waals surface area contributed by atoms with Gasteiger partial charge in [-0.25, -0.2) is 4.67 Å². The van der Waals surface area contributed by atoms with Crippen molar-refractivity contribution in [3.05, 3.63) is 69.7 Å². The fraction of sp³-hybridized carbons (Fsp3) is 0.318. The van der Waals surface area contributed by atoms with E-state index in [-0.39, 0.29) is 6.04 Å². The number of aliphatic hydroxyl groups is 1. The van der Waals surface area contributed by atoms with Gasteiger partial charge in [0.15, 0.2) is 6.21 Å². The summed E-state index contributed by atoms with van der Waals surface area (Å²) in [7, 11) is 0. The van der Waals surface area contributed by atoms with E-state index in [2.05, 4.69) is 14.6 Å². The smallest absolute Gasteiger partial charge is 0.375 e. The molecule has 4 nitrogen and oxygen atoms in total. The van der Waals surface area contributed by atoms with E-state index < -0.39 is 11.1 Å². The zero-order valence-corrected chi connectivity index (χ0v) is 16.7. The minimum absolute atomic E-state index is 0.145. The number of nitrogens with zero attached hydrogens (tertiary/aromatic N) is 3. The summed E-state index contributed by atoms with van der Waals surface area (Å²) >= 11 is 13.3. The van der Waals surface area contributed by atoms with Crippen LogP contribution in [0.25, 0.3) is 0 Å². The van der Waals surface area contributed by atoms with Gasteiger partial charge in [-0.05, 0) is 47.6 Å². The van der Waals surface area contributed by atoms with Gasteiger partial charge in [-0.2, -0.15) is 0 Å². The molecule has 2 atom stereocenters. The molecule has 2 aromatic carbocycles. The molecule has 0 bridgehead atoms. The van der Waals surface area contributed by atoms with Gasteiger partial charge in [-0.3, -0.25) is 4.90 Å². The van der Waals surface area contributed by atoms with Crippen LogP contribution in [0.4, 0.5) is 0 Å². The number of halogens is 2. The molecule has 2 fully saturated rings. The van der Waals surface area contributed by atoms with E-state index in [9.17, 15) is 5.11 Å². The Hall–Kier alpha value is -1.94. The molecule has 1 aliphatic carbocycles. The first-order valence-electron chi connectivity index (χ1n) is 9.49. The van der Waals surface area contributed by atoms with Gasteiger partial charge in [0, 0.05) is 16.5 Å². The molecule has 142 valence electrons. The molecule has 2 unspecified atom stereocenters. The van der Waals surface area contributed by atoms with E-state index in [1.165, 1.54) is 0 Å². The molecule has 3 aliphatic rings. The van der Waals surface area contributed by atoms with Gasteiger partial charge in [0.2, 0.25) is 11.8 Å². The maximum Gasteiger partial charge on any atom is 0.423 e. The third-order valence-corrected chi connectivity index (χ3v) is 6.96. The molecular weight excluding hydrogens is 393 g/mol. The molecule has 28 heavy (non-hydrogen) atoms. The molecule has 1 saturated heterocycles. The lowest BCUT2D eigenvalue weighted by molar-refractivity contribution is 0.0992. The minimum atomic E-state index is -1.03. The molecule has 5 rings (SSSR count). The van der Waals surface area contributed by atoms with Gasteiger partial charge in [-0.15, -0.1) is 0 Å². The van der Waals surface area contributed by atoms with Gasteiger partial charge >= 0.3 is 5.84 Å². The fourth-order valence-electron chi connectivity index (χ4n) is 4.93. The Kier molecular flexibility index (Phi) is 4.24. The molecule has 2 aromatic rings. The zero-order valence-electron chi connectivity index (χ0n) is 15.2. The Morgan fingerprint density at radius 3 is 2.25 bits per heavy atom. The van der Waals surface area contributed by atoms with Crippen LogP contribution in [-0.4, -0.2) is 46.0 Å². The largest absolute Gasteiger partial charge is 0.423 e. The van der Waals surface area contributed by atoms with Gasteiger partial charge in [0.25, 0.3) is 0 Å². The highest BCUT2D eigenvalue weighted by Gasteiger charge is 2.79. The second-order valence-corrected chi connectivity index (χ2v) is 8.51. The number of benzene rings is 2. The highest BCUT2D eigenvalue weighted by Crippen LogP contribution is 2.62. The van der Waals surface area contributed by atoms with Gasteiger partial charge in [0.05, 0.1) is 11.6 Å². The van der Waals surface area contributed by atoms with E-state index in [0.717, 1.165) is 30.5 Å². The van der Waals surface area contributed by atoms with Crippen molar-refractivity contribution in [2.45, 2.75) is 36.4 Å². The monoisotopic (exact) mass is 412 g/mol. The predicted molar refractivity (Wildman–Crippen MR) is 115 cm³/mol. The van der Waals surface area contributed by atoms with Gasteiger partial charge < -0.3 is 5.11 Å². The second-order valence-electron chi connectivity index (χ2n) is 7.69. The normalized spacial score (nSPS) is 28.5. The Bertz CT molecular complexity index is 1000. The van der Waals surface area contributed by atoms with Crippen molar-refractivity contribution in [3.8, 4) is 0 Å². The summed E-state index contributed by atoms with van der Waals surface area (Å²) in [6.07, 6.45) is 5.78. The van der Waals surface area contributed by atoms with Crippen LogP contribution in [0.3, 0.4) is 0 Å². The van der Waals surface area contributed by atoms with Crippen LogP contribution in [-0.2, 0) is 0 Å². The summed E-state index contributed by atoms with van der Waals surface area (Å²) in [5.74, 6) is 0.511. The summed E-state index contributed by atoms with van der Waals surface area (Å²) in [6, 6.07) is 15.6. The Morgan fingerprint density at radius 2 is 1.68 bits per heavy atom. The Labute approximate surface area is 173 Å². The maximum atomic E-state index is 11.5. The average molecular weight is 413 g/mol. The van der Waals surface area contributed by atoms with Crippen molar-refractivity contribution in [3.63, 3.8) is 0 Å². The van der Waals surface area contributed by atoms with E-state index >= 15 is 0 Å². The highest BCUT2D eigenvalue weighted by molar-refractivity contribution is 6.32. The second kappa shape index (κ2) is 6.55. The molecule has 6 heteroatoms. The first-order valence-corrected chi connectivity index (χ1v) is 10.2. The number of likely N-dealkylation sites (tertiary alicyclic amines) is 1. The van der Waals surface area contributed by atoms with Crippen LogP contribution in [0, 0.1) is 0 Å². The summed E-state index contributed by atoms with van der Waals surface area (Å²) in [6.45, 7) is 0.851. The van der Waals surface area contributed by atoms with Crippen LogP contribution in [0.5, 0.6) is 0 Å². The molecule has 2 heterocycles. The SMILES string of the molecule is OC1(C2=[N+]=CC=N2)CC12CCCN2C(c1ccccc1Cl)c1ccccc1Cl. The highest BCUT2D eigenvalue weighted by atomic mass is 35.5. The molecule has 1 saturated carbocycles. The van der Waals surface area contributed by atoms with E-state index in [0.29, 0.717) is 22.3 Å². The maximum absolute atomic E-state index is 11.5. The average Bonchev–Trinajstić information content (AvgIpc) is 3.09. The van der Waals surface area contributed by atoms with E-state index in [4.69, 9.17) is 23.2 Å². The number of hydrogen-bond acceptors (Lipinski definition) is 3.